The molecule has 0 radical (unpaired) electrons. The molecule has 7 nitrogen and oxygen atoms in total. The summed E-state index contributed by atoms with van der Waals surface area (Å²) >= 11 is 0. The number of hydrogen-bond acceptors (Lipinski definition) is 7. The molecular formula is C16H16N4O3. The third kappa shape index (κ3) is 2.28. The molecule has 0 aliphatic carbocycles. The van der Waals surface area contributed by atoms with Crippen LogP contribution in [0.25, 0.3) is 0 Å². The lowest BCUT2D eigenvalue weighted by Gasteiger charge is -2.27. The van der Waals surface area contributed by atoms with Gasteiger partial charge in [-0.3, -0.25) is 4.79 Å². The van der Waals surface area contributed by atoms with E-state index in [-0.39, 0.29) is 23.3 Å². The Hall–Kier alpha value is -2.70. The van der Waals surface area contributed by atoms with E-state index in [2.05, 4.69) is 20.1 Å². The largest absolute Gasteiger partial charge is 0.505 e. The van der Waals surface area contributed by atoms with E-state index in [1.165, 1.54) is 24.4 Å². The van der Waals surface area contributed by atoms with E-state index in [1.807, 2.05) is 6.07 Å². The van der Waals surface area contributed by atoms with Gasteiger partial charge in [0.15, 0.2) is 11.5 Å². The lowest BCUT2D eigenvalue weighted by molar-refractivity contribution is 0.0988. The van der Waals surface area contributed by atoms with Crippen molar-refractivity contribution < 1.29 is 14.3 Å². The van der Waals surface area contributed by atoms with Crippen LogP contribution >= 0.6 is 0 Å². The Morgan fingerprint density at radius 1 is 1.35 bits per heavy atom. The minimum atomic E-state index is -0.219. The summed E-state index contributed by atoms with van der Waals surface area (Å²) in [6, 6.07) is 1.88. The number of carbonyl (C=O) groups is 1. The summed E-state index contributed by atoms with van der Waals surface area (Å²) in [4.78, 5) is 17.4. The highest BCUT2D eigenvalue weighted by Crippen LogP contribution is 2.46. The van der Waals surface area contributed by atoms with Crippen molar-refractivity contribution in [3.8, 4) is 5.75 Å². The molecule has 0 atom stereocenters. The SMILES string of the molecule is CC(=O)c1cnc(N=Nc2cc3c4c(c2O)CCN4CCC3)o1. The Bertz CT molecular complexity index is 825. The van der Waals surface area contributed by atoms with Crippen LogP contribution in [0.3, 0.4) is 0 Å². The van der Waals surface area contributed by atoms with Crippen LogP contribution in [-0.4, -0.2) is 29.0 Å². The van der Waals surface area contributed by atoms with Crippen LogP contribution in [-0.2, 0) is 12.8 Å². The van der Waals surface area contributed by atoms with Crippen molar-refractivity contribution in [1.82, 2.24) is 4.98 Å². The maximum absolute atomic E-state index is 11.2. The van der Waals surface area contributed by atoms with Gasteiger partial charge < -0.3 is 14.4 Å². The van der Waals surface area contributed by atoms with E-state index in [4.69, 9.17) is 4.42 Å². The molecule has 2 aromatic rings. The van der Waals surface area contributed by atoms with Crippen LogP contribution in [0.2, 0.25) is 0 Å². The number of phenols is 1. The van der Waals surface area contributed by atoms with Crippen LogP contribution in [0, 0.1) is 0 Å². The minimum absolute atomic E-state index is 0.00497. The zero-order valence-corrected chi connectivity index (χ0v) is 12.7. The number of nitrogens with zero attached hydrogens (tertiary/aromatic N) is 4. The van der Waals surface area contributed by atoms with Gasteiger partial charge in [-0.1, -0.05) is 5.11 Å². The number of anilines is 1. The van der Waals surface area contributed by atoms with E-state index in [0.29, 0.717) is 5.69 Å². The number of carbonyl (C=O) groups excluding carboxylic acids is 1. The highest BCUT2D eigenvalue weighted by molar-refractivity contribution is 5.91. The number of oxazole rings is 1. The topological polar surface area (TPSA) is 91.3 Å². The van der Waals surface area contributed by atoms with Gasteiger partial charge in [0, 0.05) is 31.3 Å². The third-order valence-corrected chi connectivity index (χ3v) is 4.34. The van der Waals surface area contributed by atoms with Gasteiger partial charge in [-0.2, -0.15) is 4.98 Å². The average Bonchev–Trinajstić information content (AvgIpc) is 3.17. The fourth-order valence-corrected chi connectivity index (χ4v) is 3.27. The average molecular weight is 312 g/mol. The molecule has 0 saturated carbocycles. The van der Waals surface area contributed by atoms with E-state index in [0.717, 1.165) is 37.9 Å². The number of aryl methyl sites for hydroxylation is 1. The zero-order chi connectivity index (χ0) is 16.0. The molecule has 4 rings (SSSR count). The summed E-state index contributed by atoms with van der Waals surface area (Å²) < 4.78 is 5.17. The fourth-order valence-electron chi connectivity index (χ4n) is 3.27. The molecule has 1 aromatic carbocycles. The molecule has 1 aromatic heterocycles. The van der Waals surface area contributed by atoms with Gasteiger partial charge in [0.05, 0.1) is 6.20 Å². The summed E-state index contributed by atoms with van der Waals surface area (Å²) in [5.41, 5.74) is 3.74. The molecule has 0 amide bonds. The van der Waals surface area contributed by atoms with Gasteiger partial charge in [0.25, 0.3) is 0 Å². The van der Waals surface area contributed by atoms with Gasteiger partial charge in [0.2, 0.25) is 0 Å². The van der Waals surface area contributed by atoms with Gasteiger partial charge in [-0.15, -0.1) is 5.11 Å². The summed E-state index contributed by atoms with van der Waals surface area (Å²) in [5.74, 6) is 0.0990. The Morgan fingerprint density at radius 2 is 2.22 bits per heavy atom. The van der Waals surface area contributed by atoms with Crippen molar-refractivity contribution in [1.29, 1.82) is 0 Å². The first-order chi connectivity index (χ1) is 11.1. The minimum Gasteiger partial charge on any atom is -0.505 e. The molecule has 0 bridgehead atoms. The molecule has 0 saturated heterocycles. The number of rotatable bonds is 3. The van der Waals surface area contributed by atoms with Gasteiger partial charge in [-0.25, -0.2) is 0 Å². The second-order valence-corrected chi connectivity index (χ2v) is 5.83. The first-order valence-electron chi connectivity index (χ1n) is 7.64. The van der Waals surface area contributed by atoms with Crippen LogP contribution in [0.5, 0.6) is 5.75 Å². The summed E-state index contributed by atoms with van der Waals surface area (Å²) in [7, 11) is 0. The van der Waals surface area contributed by atoms with Crippen LogP contribution < -0.4 is 4.90 Å². The Kier molecular flexibility index (Phi) is 3.14. The molecule has 0 unspecified atom stereocenters. The van der Waals surface area contributed by atoms with Crippen molar-refractivity contribution in [3.05, 3.63) is 29.2 Å². The molecule has 3 heterocycles. The Labute approximate surface area is 132 Å². The number of azo groups is 1. The number of hydrogen-bond donors (Lipinski definition) is 1. The normalized spacial score (nSPS) is 16.1. The van der Waals surface area contributed by atoms with Crippen molar-refractivity contribution in [2.75, 3.05) is 18.0 Å². The van der Waals surface area contributed by atoms with Gasteiger partial charge in [0.1, 0.15) is 11.4 Å². The first-order valence-corrected chi connectivity index (χ1v) is 7.64. The standard InChI is InChI=1S/C16H16N4O3/c1-9(21)13-8-17-16(23-13)19-18-12-7-10-3-2-5-20-6-4-11(14(10)20)15(12)22/h7-8,22H,2-6H2,1H3. The van der Waals surface area contributed by atoms with E-state index >= 15 is 0 Å². The second-order valence-electron chi connectivity index (χ2n) is 5.83. The Balaban J connectivity index is 1.69. The second kappa shape index (κ2) is 5.19. The molecule has 118 valence electrons. The maximum atomic E-state index is 11.2. The van der Waals surface area contributed by atoms with Crippen LogP contribution in [0.4, 0.5) is 17.4 Å². The van der Waals surface area contributed by atoms with E-state index in [9.17, 15) is 9.90 Å². The first kappa shape index (κ1) is 13.9. The molecule has 1 N–H and O–H groups in total. The summed E-state index contributed by atoms with van der Waals surface area (Å²) in [5, 5.41) is 18.4. The van der Waals surface area contributed by atoms with Crippen molar-refractivity contribution >= 4 is 23.2 Å². The number of aromatic nitrogens is 1. The monoisotopic (exact) mass is 312 g/mol. The molecule has 2 aliphatic rings. The maximum Gasteiger partial charge on any atom is 0.341 e. The zero-order valence-electron chi connectivity index (χ0n) is 12.7. The van der Waals surface area contributed by atoms with Crippen LogP contribution in [0.1, 0.15) is 35.0 Å². The number of Topliss-reactive ketones (excluding diaryl/α,β-unsaturated/α-hetero) is 1. The molecule has 0 fully saturated rings. The smallest absolute Gasteiger partial charge is 0.341 e. The van der Waals surface area contributed by atoms with E-state index < -0.39 is 0 Å². The van der Waals surface area contributed by atoms with E-state index in [1.54, 1.807) is 0 Å². The van der Waals surface area contributed by atoms with Crippen molar-refractivity contribution in [2.45, 2.75) is 26.2 Å². The summed E-state index contributed by atoms with van der Waals surface area (Å²) in [6.45, 7) is 3.38. The fraction of sp³-hybridized carbons (Fsp3) is 0.375. The van der Waals surface area contributed by atoms with Crippen LogP contribution in [0.15, 0.2) is 26.9 Å². The van der Waals surface area contributed by atoms with Crippen molar-refractivity contribution in [2.24, 2.45) is 10.2 Å². The molecule has 0 spiro atoms. The number of phenolic OH excluding ortho intramolecular Hbond substituents is 1. The predicted molar refractivity (Wildman–Crippen MR) is 83.0 cm³/mol. The number of aromatic hydroxyl groups is 1. The highest BCUT2D eigenvalue weighted by atomic mass is 16.4. The Morgan fingerprint density at radius 3 is 3.00 bits per heavy atom. The number of benzene rings is 1. The lowest BCUT2D eigenvalue weighted by Crippen LogP contribution is -2.26. The highest BCUT2D eigenvalue weighted by Gasteiger charge is 2.29. The van der Waals surface area contributed by atoms with Gasteiger partial charge >= 0.3 is 6.01 Å². The quantitative estimate of drug-likeness (QED) is 0.693. The number of ketones is 1. The molecule has 7 heteroatoms. The third-order valence-electron chi connectivity index (χ3n) is 4.34. The van der Waals surface area contributed by atoms with Crippen molar-refractivity contribution in [3.63, 3.8) is 0 Å². The van der Waals surface area contributed by atoms with Gasteiger partial charge in [-0.05, 0) is 30.9 Å². The molecule has 23 heavy (non-hydrogen) atoms. The summed E-state index contributed by atoms with van der Waals surface area (Å²) in [6.07, 6.45) is 4.23. The molecular weight excluding hydrogens is 296 g/mol. The predicted octanol–water partition coefficient (Wildman–Crippen LogP) is 3.31. The lowest BCUT2D eigenvalue weighted by atomic mass is 9.98. The molecule has 2 aliphatic heterocycles.